The molecule has 96 valence electrons. The molecule has 0 aliphatic rings. The summed E-state index contributed by atoms with van der Waals surface area (Å²) in [5, 5.41) is 0.978. The van der Waals surface area contributed by atoms with Gasteiger partial charge in [-0.15, -0.1) is 11.3 Å². The molecule has 0 aliphatic carbocycles. The molecule has 3 N–H and O–H groups in total. The van der Waals surface area contributed by atoms with Gasteiger partial charge in [0.15, 0.2) is 5.84 Å². The summed E-state index contributed by atoms with van der Waals surface area (Å²) < 4.78 is 18.9. The van der Waals surface area contributed by atoms with Crippen LogP contribution in [0.2, 0.25) is 0 Å². The summed E-state index contributed by atoms with van der Waals surface area (Å²) in [5.41, 5.74) is 2.56. The molecule has 0 fully saturated rings. The van der Waals surface area contributed by atoms with Gasteiger partial charge in [-0.3, -0.25) is 4.99 Å². The van der Waals surface area contributed by atoms with Crippen molar-refractivity contribution in [1.29, 1.82) is 0 Å². The third kappa shape index (κ3) is 2.84. The molecule has 1 heterocycles. The molecule has 6 heteroatoms. The quantitative estimate of drug-likeness (QED) is 0.292. The van der Waals surface area contributed by atoms with Crippen molar-refractivity contribution >= 4 is 27.3 Å². The SMILES string of the molecule is COCCN=C(NN)c1cc2ccc(F)cc2s1. The van der Waals surface area contributed by atoms with Crippen LogP contribution in [0.1, 0.15) is 4.88 Å². The predicted molar refractivity (Wildman–Crippen MR) is 72.4 cm³/mol. The normalized spacial score (nSPS) is 12.1. The van der Waals surface area contributed by atoms with Gasteiger partial charge in [-0.05, 0) is 23.6 Å². The van der Waals surface area contributed by atoms with Crippen LogP contribution in [-0.4, -0.2) is 26.1 Å². The van der Waals surface area contributed by atoms with E-state index in [1.165, 1.54) is 23.5 Å². The molecule has 1 aromatic heterocycles. The topological polar surface area (TPSA) is 59.6 Å². The molecule has 0 bridgehead atoms. The van der Waals surface area contributed by atoms with E-state index in [0.717, 1.165) is 15.0 Å². The maximum absolute atomic E-state index is 13.1. The van der Waals surface area contributed by atoms with E-state index >= 15 is 0 Å². The van der Waals surface area contributed by atoms with Crippen molar-refractivity contribution in [2.45, 2.75) is 0 Å². The average molecular weight is 267 g/mol. The van der Waals surface area contributed by atoms with Crippen LogP contribution in [0.25, 0.3) is 10.1 Å². The maximum atomic E-state index is 13.1. The summed E-state index contributed by atoms with van der Waals surface area (Å²) in [6.45, 7) is 1.06. The molecular weight excluding hydrogens is 253 g/mol. The lowest BCUT2D eigenvalue weighted by Crippen LogP contribution is -2.30. The van der Waals surface area contributed by atoms with Crippen LogP contribution in [-0.2, 0) is 4.74 Å². The number of benzene rings is 1. The minimum atomic E-state index is -0.241. The largest absolute Gasteiger partial charge is 0.383 e. The zero-order valence-electron chi connectivity index (χ0n) is 9.94. The number of halogens is 1. The second kappa shape index (κ2) is 5.90. The Morgan fingerprint density at radius 3 is 3.06 bits per heavy atom. The van der Waals surface area contributed by atoms with Gasteiger partial charge >= 0.3 is 0 Å². The zero-order chi connectivity index (χ0) is 13.0. The molecule has 0 saturated heterocycles. The number of fused-ring (bicyclic) bond motifs is 1. The number of methoxy groups -OCH3 is 1. The number of ether oxygens (including phenoxy) is 1. The molecule has 0 spiro atoms. The third-order valence-electron chi connectivity index (χ3n) is 2.42. The van der Waals surface area contributed by atoms with Gasteiger partial charge in [-0.25, -0.2) is 10.2 Å². The van der Waals surface area contributed by atoms with Gasteiger partial charge in [-0.2, -0.15) is 0 Å². The molecule has 18 heavy (non-hydrogen) atoms. The molecule has 0 radical (unpaired) electrons. The van der Waals surface area contributed by atoms with Crippen molar-refractivity contribution in [3.05, 3.63) is 35.0 Å². The summed E-state index contributed by atoms with van der Waals surface area (Å²) in [5.74, 6) is 5.80. The second-order valence-corrected chi connectivity index (χ2v) is 4.74. The Kier molecular flexibility index (Phi) is 4.24. The highest BCUT2D eigenvalue weighted by Crippen LogP contribution is 2.26. The first-order valence-corrected chi connectivity index (χ1v) is 6.25. The smallest absolute Gasteiger partial charge is 0.152 e. The standard InChI is InChI=1S/C12H14FN3OS/c1-17-5-4-15-12(16-14)11-6-8-2-3-9(13)7-10(8)18-11/h2-3,6-7H,4-5,14H2,1H3,(H,15,16). The Morgan fingerprint density at radius 1 is 1.50 bits per heavy atom. The second-order valence-electron chi connectivity index (χ2n) is 3.66. The zero-order valence-corrected chi connectivity index (χ0v) is 10.8. The van der Waals surface area contributed by atoms with Crippen LogP contribution in [0.15, 0.2) is 29.3 Å². The number of hydrogen-bond acceptors (Lipinski definition) is 4. The van der Waals surface area contributed by atoms with Gasteiger partial charge in [0.2, 0.25) is 0 Å². The van der Waals surface area contributed by atoms with E-state index in [9.17, 15) is 4.39 Å². The lowest BCUT2D eigenvalue weighted by atomic mass is 10.2. The minimum Gasteiger partial charge on any atom is -0.383 e. The van der Waals surface area contributed by atoms with Gasteiger partial charge in [-0.1, -0.05) is 6.07 Å². The van der Waals surface area contributed by atoms with Crippen molar-refractivity contribution < 1.29 is 9.13 Å². The Hall–Kier alpha value is -1.50. The van der Waals surface area contributed by atoms with Crippen molar-refractivity contribution in [2.75, 3.05) is 20.3 Å². The summed E-state index contributed by atoms with van der Waals surface area (Å²) in [4.78, 5) is 5.18. The highest BCUT2D eigenvalue weighted by molar-refractivity contribution is 7.20. The van der Waals surface area contributed by atoms with Crippen LogP contribution >= 0.6 is 11.3 Å². The van der Waals surface area contributed by atoms with Crippen LogP contribution < -0.4 is 11.3 Å². The van der Waals surface area contributed by atoms with Crippen LogP contribution in [0.4, 0.5) is 4.39 Å². The molecule has 0 atom stereocenters. The summed E-state index contributed by atoms with van der Waals surface area (Å²) in [7, 11) is 1.62. The minimum absolute atomic E-state index is 0.241. The number of thiophene rings is 1. The van der Waals surface area contributed by atoms with Crippen molar-refractivity contribution in [3.63, 3.8) is 0 Å². The Morgan fingerprint density at radius 2 is 2.33 bits per heavy atom. The highest BCUT2D eigenvalue weighted by atomic mass is 32.1. The van der Waals surface area contributed by atoms with Gasteiger partial charge in [0.1, 0.15) is 5.82 Å². The van der Waals surface area contributed by atoms with Crippen molar-refractivity contribution in [3.8, 4) is 0 Å². The van der Waals surface area contributed by atoms with Crippen LogP contribution in [0.5, 0.6) is 0 Å². The Bertz CT molecular complexity index is 567. The number of amidine groups is 1. The number of aliphatic imine (C=N–C) groups is 1. The first kappa shape index (κ1) is 12.9. The number of nitrogens with zero attached hydrogens (tertiary/aromatic N) is 1. The fourth-order valence-corrected chi connectivity index (χ4v) is 2.62. The van der Waals surface area contributed by atoms with Gasteiger partial charge in [0, 0.05) is 11.8 Å². The lowest BCUT2D eigenvalue weighted by Gasteiger charge is -2.02. The van der Waals surface area contributed by atoms with Gasteiger partial charge < -0.3 is 10.2 Å². The monoisotopic (exact) mass is 267 g/mol. The molecular formula is C12H14FN3OS. The van der Waals surface area contributed by atoms with E-state index in [1.54, 1.807) is 13.2 Å². The van der Waals surface area contributed by atoms with Crippen molar-refractivity contribution in [2.24, 2.45) is 10.8 Å². The third-order valence-corrected chi connectivity index (χ3v) is 3.52. The van der Waals surface area contributed by atoms with E-state index < -0.39 is 0 Å². The summed E-state index contributed by atoms with van der Waals surface area (Å²) in [6, 6.07) is 6.63. The fourth-order valence-electron chi connectivity index (χ4n) is 1.57. The molecule has 0 aliphatic heterocycles. The maximum Gasteiger partial charge on any atom is 0.152 e. The molecule has 1 aromatic carbocycles. The van der Waals surface area contributed by atoms with Gasteiger partial charge in [0.25, 0.3) is 0 Å². The Balaban J connectivity index is 2.30. The van der Waals surface area contributed by atoms with E-state index in [1.807, 2.05) is 6.07 Å². The predicted octanol–water partition coefficient (Wildman–Crippen LogP) is 1.90. The molecule has 0 amide bonds. The van der Waals surface area contributed by atoms with Crippen molar-refractivity contribution in [1.82, 2.24) is 5.43 Å². The number of hydrazine groups is 1. The van der Waals surface area contributed by atoms with E-state index in [4.69, 9.17) is 10.6 Å². The summed E-state index contributed by atoms with van der Waals surface area (Å²) in [6.07, 6.45) is 0. The van der Waals surface area contributed by atoms with E-state index in [2.05, 4.69) is 10.4 Å². The number of rotatable bonds is 4. The molecule has 0 unspecified atom stereocenters. The summed E-state index contributed by atoms with van der Waals surface area (Å²) >= 11 is 1.45. The van der Waals surface area contributed by atoms with E-state index in [-0.39, 0.29) is 5.82 Å². The Labute approximate surface area is 108 Å². The van der Waals surface area contributed by atoms with Crippen LogP contribution in [0, 0.1) is 5.82 Å². The molecule has 2 aromatic rings. The average Bonchev–Trinajstić information content (AvgIpc) is 2.77. The number of nitrogens with one attached hydrogen (secondary N) is 1. The number of hydrogen-bond donors (Lipinski definition) is 2. The van der Waals surface area contributed by atoms with Crippen LogP contribution in [0.3, 0.4) is 0 Å². The molecule has 2 rings (SSSR count). The highest BCUT2D eigenvalue weighted by Gasteiger charge is 2.07. The lowest BCUT2D eigenvalue weighted by molar-refractivity contribution is 0.208. The first-order valence-electron chi connectivity index (χ1n) is 5.44. The molecule has 4 nitrogen and oxygen atoms in total. The molecule has 0 saturated carbocycles. The number of nitrogens with two attached hydrogens (primary N) is 1. The van der Waals surface area contributed by atoms with E-state index in [0.29, 0.717) is 19.0 Å². The fraction of sp³-hybridized carbons (Fsp3) is 0.250. The van der Waals surface area contributed by atoms with Gasteiger partial charge in [0.05, 0.1) is 18.0 Å². The first-order chi connectivity index (χ1) is 8.74.